The summed E-state index contributed by atoms with van der Waals surface area (Å²) < 4.78 is 5.54. The second kappa shape index (κ2) is 7.83. The number of amides is 1. The van der Waals surface area contributed by atoms with Crippen LogP contribution in [-0.4, -0.2) is 35.6 Å². The third-order valence-corrected chi connectivity index (χ3v) is 3.11. The van der Waals surface area contributed by atoms with E-state index in [9.17, 15) is 14.4 Å². The predicted octanol–water partition coefficient (Wildman–Crippen LogP) is 0.966. The van der Waals surface area contributed by atoms with Gasteiger partial charge in [-0.25, -0.2) is 4.79 Å². The molecule has 0 radical (unpaired) electrons. The van der Waals surface area contributed by atoms with Gasteiger partial charge in [-0.3, -0.25) is 9.59 Å². The van der Waals surface area contributed by atoms with Crippen LogP contribution in [0.1, 0.15) is 12.5 Å². The summed E-state index contributed by atoms with van der Waals surface area (Å²) in [6, 6.07) is 6.26. The molecule has 1 aromatic rings. The van der Waals surface area contributed by atoms with E-state index in [0.717, 1.165) is 9.13 Å². The molecule has 6 nitrogen and oxygen atoms in total. The fourth-order valence-corrected chi connectivity index (χ4v) is 1.82. The Labute approximate surface area is 129 Å². The van der Waals surface area contributed by atoms with Gasteiger partial charge >= 0.3 is 11.9 Å². The molecule has 2 N–H and O–H groups in total. The Kier molecular flexibility index (Phi) is 6.43. The second-order valence-corrected chi connectivity index (χ2v) is 5.31. The maximum absolute atomic E-state index is 11.5. The number of carboxylic acids is 1. The zero-order valence-electron chi connectivity index (χ0n) is 10.8. The predicted molar refractivity (Wildman–Crippen MR) is 79.1 cm³/mol. The SMILES string of the molecule is CC(=O)OCC(=O)N[C@@H](Cc1ccc(I)cc1)C(=O)O. The second-order valence-electron chi connectivity index (χ2n) is 4.07. The van der Waals surface area contributed by atoms with E-state index in [-0.39, 0.29) is 6.42 Å². The summed E-state index contributed by atoms with van der Waals surface area (Å²) in [4.78, 5) is 33.1. The standard InChI is InChI=1S/C13H14INO5/c1-8(16)20-7-12(17)15-11(13(18)19)6-9-2-4-10(14)5-3-9/h2-5,11H,6-7H2,1H3,(H,15,17)(H,18,19)/t11-/m0/s1. The van der Waals surface area contributed by atoms with Gasteiger partial charge < -0.3 is 15.2 Å². The first-order chi connectivity index (χ1) is 9.38. The van der Waals surface area contributed by atoms with E-state index < -0.39 is 30.5 Å². The summed E-state index contributed by atoms with van der Waals surface area (Å²) in [5.41, 5.74) is 0.797. The number of hydrogen-bond acceptors (Lipinski definition) is 4. The zero-order chi connectivity index (χ0) is 15.1. The first-order valence-electron chi connectivity index (χ1n) is 5.78. The molecule has 7 heteroatoms. The van der Waals surface area contributed by atoms with Gasteiger partial charge in [-0.1, -0.05) is 12.1 Å². The lowest BCUT2D eigenvalue weighted by Gasteiger charge is -2.14. The Bertz CT molecular complexity index is 500. The number of halogens is 1. The molecule has 0 heterocycles. The van der Waals surface area contributed by atoms with Crippen LogP contribution in [0.4, 0.5) is 0 Å². The summed E-state index contributed by atoms with van der Waals surface area (Å²) in [7, 11) is 0. The fraction of sp³-hybridized carbons (Fsp3) is 0.308. The first kappa shape index (κ1) is 16.4. The van der Waals surface area contributed by atoms with Crippen LogP contribution in [-0.2, 0) is 25.5 Å². The van der Waals surface area contributed by atoms with E-state index in [0.29, 0.717) is 0 Å². The molecule has 0 aliphatic carbocycles. The van der Waals surface area contributed by atoms with Crippen LogP contribution in [0.25, 0.3) is 0 Å². The summed E-state index contributed by atoms with van der Waals surface area (Å²) in [6.45, 7) is 0.694. The molecule has 20 heavy (non-hydrogen) atoms. The van der Waals surface area contributed by atoms with Crippen molar-refractivity contribution in [3.63, 3.8) is 0 Å². The molecular weight excluding hydrogens is 377 g/mol. The molecule has 0 saturated heterocycles. The van der Waals surface area contributed by atoms with Crippen molar-refractivity contribution in [2.75, 3.05) is 6.61 Å². The highest BCUT2D eigenvalue weighted by Gasteiger charge is 2.20. The molecule has 0 spiro atoms. The van der Waals surface area contributed by atoms with Crippen molar-refractivity contribution in [3.05, 3.63) is 33.4 Å². The molecule has 1 rings (SSSR count). The minimum absolute atomic E-state index is 0.165. The van der Waals surface area contributed by atoms with Gasteiger partial charge in [0.2, 0.25) is 0 Å². The molecule has 1 amide bonds. The summed E-state index contributed by atoms with van der Waals surface area (Å²) in [5.74, 6) is -2.37. The number of aliphatic carboxylic acids is 1. The van der Waals surface area contributed by atoms with E-state index >= 15 is 0 Å². The molecule has 1 aromatic carbocycles. The number of carbonyl (C=O) groups excluding carboxylic acids is 2. The summed E-state index contributed by atoms with van der Waals surface area (Å²) in [6.07, 6.45) is 0.165. The number of carbonyl (C=O) groups is 3. The largest absolute Gasteiger partial charge is 0.480 e. The van der Waals surface area contributed by atoms with E-state index in [2.05, 4.69) is 32.6 Å². The van der Waals surface area contributed by atoms with Crippen LogP contribution in [0, 0.1) is 3.57 Å². The van der Waals surface area contributed by atoms with Crippen molar-refractivity contribution in [1.29, 1.82) is 0 Å². The monoisotopic (exact) mass is 391 g/mol. The van der Waals surface area contributed by atoms with Crippen LogP contribution < -0.4 is 5.32 Å². The maximum Gasteiger partial charge on any atom is 0.326 e. The zero-order valence-corrected chi connectivity index (χ0v) is 12.9. The molecule has 0 saturated carbocycles. The van der Waals surface area contributed by atoms with Gasteiger partial charge in [-0.2, -0.15) is 0 Å². The number of hydrogen-bond donors (Lipinski definition) is 2. The van der Waals surface area contributed by atoms with E-state index in [1.807, 2.05) is 12.1 Å². The maximum atomic E-state index is 11.5. The number of nitrogens with one attached hydrogen (secondary N) is 1. The number of rotatable bonds is 6. The minimum atomic E-state index is -1.14. The van der Waals surface area contributed by atoms with Gasteiger partial charge in [0.1, 0.15) is 6.04 Å². The highest BCUT2D eigenvalue weighted by Crippen LogP contribution is 2.09. The van der Waals surface area contributed by atoms with Gasteiger partial charge in [-0.15, -0.1) is 0 Å². The van der Waals surface area contributed by atoms with Crippen LogP contribution in [0.3, 0.4) is 0 Å². The first-order valence-corrected chi connectivity index (χ1v) is 6.86. The lowest BCUT2D eigenvalue weighted by atomic mass is 10.1. The highest BCUT2D eigenvalue weighted by atomic mass is 127. The normalized spacial score (nSPS) is 11.5. The van der Waals surface area contributed by atoms with E-state index in [1.165, 1.54) is 6.92 Å². The van der Waals surface area contributed by atoms with Crippen molar-refractivity contribution < 1.29 is 24.2 Å². The average molecular weight is 391 g/mol. The highest BCUT2D eigenvalue weighted by molar-refractivity contribution is 14.1. The quantitative estimate of drug-likeness (QED) is 0.557. The Morgan fingerprint density at radius 3 is 2.40 bits per heavy atom. The Morgan fingerprint density at radius 1 is 1.30 bits per heavy atom. The molecule has 0 aliphatic rings. The van der Waals surface area contributed by atoms with E-state index in [1.54, 1.807) is 12.1 Å². The van der Waals surface area contributed by atoms with Crippen LogP contribution >= 0.6 is 22.6 Å². The van der Waals surface area contributed by atoms with Crippen molar-refractivity contribution in [3.8, 4) is 0 Å². The third-order valence-electron chi connectivity index (χ3n) is 2.39. The van der Waals surface area contributed by atoms with E-state index in [4.69, 9.17) is 5.11 Å². The number of ether oxygens (including phenoxy) is 1. The number of carboxylic acid groups (broad SMARTS) is 1. The molecule has 0 unspecified atom stereocenters. The van der Waals surface area contributed by atoms with Crippen LogP contribution in [0.2, 0.25) is 0 Å². The van der Waals surface area contributed by atoms with Gasteiger partial charge in [0, 0.05) is 16.9 Å². The average Bonchev–Trinajstić information content (AvgIpc) is 2.38. The molecule has 0 aliphatic heterocycles. The Morgan fingerprint density at radius 2 is 1.90 bits per heavy atom. The van der Waals surface area contributed by atoms with Gasteiger partial charge in [-0.05, 0) is 40.3 Å². The van der Waals surface area contributed by atoms with Crippen molar-refractivity contribution in [1.82, 2.24) is 5.32 Å². The van der Waals surface area contributed by atoms with Crippen molar-refractivity contribution in [2.45, 2.75) is 19.4 Å². The molecule has 0 aromatic heterocycles. The fourth-order valence-electron chi connectivity index (χ4n) is 1.46. The lowest BCUT2D eigenvalue weighted by Crippen LogP contribution is -2.44. The van der Waals surface area contributed by atoms with Crippen LogP contribution in [0.5, 0.6) is 0 Å². The van der Waals surface area contributed by atoms with Gasteiger partial charge in [0.25, 0.3) is 5.91 Å². The van der Waals surface area contributed by atoms with Gasteiger partial charge in [0.15, 0.2) is 6.61 Å². The third kappa shape index (κ3) is 6.00. The lowest BCUT2D eigenvalue weighted by molar-refractivity contribution is -0.148. The summed E-state index contributed by atoms with van der Waals surface area (Å²) >= 11 is 2.15. The molecular formula is C13H14INO5. The Balaban J connectivity index is 2.60. The molecule has 1 atom stereocenters. The van der Waals surface area contributed by atoms with Crippen LogP contribution in [0.15, 0.2) is 24.3 Å². The smallest absolute Gasteiger partial charge is 0.326 e. The number of esters is 1. The van der Waals surface area contributed by atoms with Crippen molar-refractivity contribution >= 4 is 40.4 Å². The molecule has 0 fully saturated rings. The van der Waals surface area contributed by atoms with Gasteiger partial charge in [0.05, 0.1) is 0 Å². The van der Waals surface area contributed by atoms with Crippen molar-refractivity contribution in [2.24, 2.45) is 0 Å². The Hall–Kier alpha value is -1.64. The summed E-state index contributed by atoms with van der Waals surface area (Å²) in [5, 5.41) is 11.4. The topological polar surface area (TPSA) is 92.7 Å². The number of benzene rings is 1. The molecule has 108 valence electrons. The molecule has 0 bridgehead atoms. The minimum Gasteiger partial charge on any atom is -0.480 e.